The van der Waals surface area contributed by atoms with E-state index in [4.69, 9.17) is 4.74 Å². The molecule has 5 rings (SSSR count). The number of methoxy groups -OCH3 is 1. The van der Waals surface area contributed by atoms with Crippen LogP contribution in [0.5, 0.6) is 0 Å². The predicted molar refractivity (Wildman–Crippen MR) is 142 cm³/mol. The van der Waals surface area contributed by atoms with Gasteiger partial charge in [-0.3, -0.25) is 14.4 Å². The molecule has 0 saturated heterocycles. The first kappa shape index (κ1) is 25.6. The molecule has 0 aliphatic carbocycles. The third-order valence-corrected chi connectivity index (χ3v) is 7.53. The number of benzene rings is 4. The van der Waals surface area contributed by atoms with Gasteiger partial charge in [-0.25, -0.2) is 22.8 Å². The normalized spacial score (nSPS) is 12.7. The van der Waals surface area contributed by atoms with Gasteiger partial charge in [0.2, 0.25) is 0 Å². The van der Waals surface area contributed by atoms with Crippen LogP contribution in [-0.2, 0) is 14.8 Å². The van der Waals surface area contributed by atoms with Crippen molar-refractivity contribution >= 4 is 39.4 Å². The first-order chi connectivity index (χ1) is 18.7. The van der Waals surface area contributed by atoms with Crippen LogP contribution in [0.15, 0.2) is 102 Å². The zero-order chi connectivity index (χ0) is 27.7. The SMILES string of the molecule is COC(=O)c1cc(-c2ccccc2)ccc1N1C(=O)c2ccc(C(=O)NS(=O)(=O)c3ccccc3)cc2C1=O. The van der Waals surface area contributed by atoms with Crippen LogP contribution in [0.4, 0.5) is 5.69 Å². The van der Waals surface area contributed by atoms with Crippen molar-refractivity contribution in [1.29, 1.82) is 0 Å². The molecule has 1 heterocycles. The van der Waals surface area contributed by atoms with Crippen molar-refractivity contribution in [3.63, 3.8) is 0 Å². The number of rotatable bonds is 6. The molecule has 3 amide bonds. The second kappa shape index (κ2) is 9.99. The minimum absolute atomic E-state index is 0.000259. The summed E-state index contributed by atoms with van der Waals surface area (Å²) >= 11 is 0. The van der Waals surface area contributed by atoms with Crippen LogP contribution in [0.2, 0.25) is 0 Å². The summed E-state index contributed by atoms with van der Waals surface area (Å²) in [5.74, 6) is -3.18. The van der Waals surface area contributed by atoms with E-state index in [9.17, 15) is 27.6 Å². The van der Waals surface area contributed by atoms with Gasteiger partial charge < -0.3 is 4.74 Å². The molecule has 10 heteroatoms. The Labute approximate surface area is 223 Å². The number of hydrogen-bond donors (Lipinski definition) is 1. The van der Waals surface area contributed by atoms with E-state index in [1.807, 2.05) is 35.1 Å². The maximum atomic E-state index is 13.4. The van der Waals surface area contributed by atoms with Gasteiger partial charge in [0.25, 0.3) is 27.7 Å². The van der Waals surface area contributed by atoms with E-state index in [-0.39, 0.29) is 32.8 Å². The largest absolute Gasteiger partial charge is 0.465 e. The molecule has 0 radical (unpaired) electrons. The smallest absolute Gasteiger partial charge is 0.340 e. The van der Waals surface area contributed by atoms with Crippen molar-refractivity contribution in [3.8, 4) is 11.1 Å². The lowest BCUT2D eigenvalue weighted by Crippen LogP contribution is -2.31. The Morgan fingerprint density at radius 2 is 1.38 bits per heavy atom. The number of carbonyl (C=O) groups excluding carboxylic acids is 4. The van der Waals surface area contributed by atoms with Crippen molar-refractivity contribution in [2.45, 2.75) is 4.90 Å². The monoisotopic (exact) mass is 540 g/mol. The molecule has 1 N–H and O–H groups in total. The van der Waals surface area contributed by atoms with Crippen molar-refractivity contribution in [1.82, 2.24) is 4.72 Å². The minimum Gasteiger partial charge on any atom is -0.465 e. The lowest BCUT2D eigenvalue weighted by molar-refractivity contribution is 0.0601. The number of hydrogen-bond acceptors (Lipinski definition) is 7. The van der Waals surface area contributed by atoms with Crippen LogP contribution in [-0.4, -0.2) is 39.2 Å². The fraction of sp³-hybridized carbons (Fsp3) is 0.0345. The lowest BCUT2D eigenvalue weighted by Gasteiger charge is -2.18. The zero-order valence-electron chi connectivity index (χ0n) is 20.5. The van der Waals surface area contributed by atoms with E-state index in [2.05, 4.69) is 0 Å². The third kappa shape index (κ3) is 4.69. The van der Waals surface area contributed by atoms with Crippen molar-refractivity contribution in [2.75, 3.05) is 12.0 Å². The molecule has 0 bridgehead atoms. The van der Waals surface area contributed by atoms with Crippen LogP contribution in [0.25, 0.3) is 11.1 Å². The molecule has 0 aromatic heterocycles. The van der Waals surface area contributed by atoms with Gasteiger partial charge in [-0.05, 0) is 53.6 Å². The highest BCUT2D eigenvalue weighted by molar-refractivity contribution is 7.90. The number of fused-ring (bicyclic) bond motifs is 1. The average molecular weight is 541 g/mol. The van der Waals surface area contributed by atoms with E-state index < -0.39 is 33.7 Å². The van der Waals surface area contributed by atoms with E-state index in [0.717, 1.165) is 16.5 Å². The minimum atomic E-state index is -4.16. The summed E-state index contributed by atoms with van der Waals surface area (Å²) in [6, 6.07) is 24.9. The number of anilines is 1. The Morgan fingerprint density at radius 3 is 2.05 bits per heavy atom. The Balaban J connectivity index is 1.49. The van der Waals surface area contributed by atoms with Crippen LogP contribution in [0.3, 0.4) is 0 Å². The number of esters is 1. The fourth-order valence-electron chi connectivity index (χ4n) is 4.26. The summed E-state index contributed by atoms with van der Waals surface area (Å²) in [6.07, 6.45) is 0. The molecule has 0 saturated carbocycles. The average Bonchev–Trinajstić information content (AvgIpc) is 3.21. The van der Waals surface area contributed by atoms with Crippen molar-refractivity contribution < 1.29 is 32.3 Å². The molecule has 0 spiro atoms. The van der Waals surface area contributed by atoms with Crippen LogP contribution in [0, 0.1) is 0 Å². The van der Waals surface area contributed by atoms with Crippen LogP contribution in [0.1, 0.15) is 41.4 Å². The summed E-state index contributed by atoms with van der Waals surface area (Å²) in [5.41, 5.74) is 1.28. The summed E-state index contributed by atoms with van der Waals surface area (Å²) in [4.78, 5) is 52.9. The van der Waals surface area contributed by atoms with Gasteiger partial charge in [0.15, 0.2) is 0 Å². The quantitative estimate of drug-likeness (QED) is 0.289. The van der Waals surface area contributed by atoms with Crippen molar-refractivity contribution in [3.05, 3.63) is 119 Å². The molecule has 0 fully saturated rings. The number of carbonyl (C=O) groups is 4. The lowest BCUT2D eigenvalue weighted by atomic mass is 10.0. The van der Waals surface area contributed by atoms with E-state index >= 15 is 0 Å². The van der Waals surface area contributed by atoms with Crippen LogP contribution >= 0.6 is 0 Å². The Kier molecular flexibility index (Phi) is 6.55. The second-order valence-electron chi connectivity index (χ2n) is 8.54. The highest BCUT2D eigenvalue weighted by Gasteiger charge is 2.39. The maximum Gasteiger partial charge on any atom is 0.340 e. The number of nitrogens with zero attached hydrogens (tertiary/aromatic N) is 1. The Hall–Kier alpha value is -5.09. The molecule has 4 aromatic rings. The standard InChI is InChI=1S/C29H20N2O7S/c1-38-29(35)24-16-19(18-8-4-2-5-9-18)13-15-25(24)31-27(33)22-14-12-20(17-23(22)28(31)34)26(32)30-39(36,37)21-10-6-3-7-11-21/h2-17H,1H3,(H,30,32). The first-order valence-corrected chi connectivity index (χ1v) is 13.1. The van der Waals surface area contributed by atoms with E-state index in [1.54, 1.807) is 12.1 Å². The Bertz CT molecular complexity index is 1750. The summed E-state index contributed by atoms with van der Waals surface area (Å²) in [7, 11) is -2.97. The first-order valence-electron chi connectivity index (χ1n) is 11.6. The van der Waals surface area contributed by atoms with Crippen molar-refractivity contribution in [2.24, 2.45) is 0 Å². The highest BCUT2D eigenvalue weighted by Crippen LogP contribution is 2.34. The van der Waals surface area contributed by atoms with Gasteiger partial charge in [0, 0.05) is 5.56 Å². The third-order valence-electron chi connectivity index (χ3n) is 6.18. The summed E-state index contributed by atoms with van der Waals surface area (Å²) in [5, 5.41) is 0. The molecule has 0 atom stereocenters. The second-order valence-corrected chi connectivity index (χ2v) is 10.2. The summed E-state index contributed by atoms with van der Waals surface area (Å²) in [6.45, 7) is 0. The van der Waals surface area contributed by atoms with Gasteiger partial charge >= 0.3 is 5.97 Å². The topological polar surface area (TPSA) is 127 Å². The van der Waals surface area contributed by atoms with Crippen LogP contribution < -0.4 is 9.62 Å². The number of nitrogens with one attached hydrogen (secondary N) is 1. The van der Waals surface area contributed by atoms with Gasteiger partial charge in [0.05, 0.1) is 34.4 Å². The van der Waals surface area contributed by atoms with Gasteiger partial charge in [0.1, 0.15) is 0 Å². The molecule has 0 unspecified atom stereocenters. The van der Waals surface area contributed by atoms with E-state index in [0.29, 0.717) is 5.56 Å². The Morgan fingerprint density at radius 1 is 0.744 bits per heavy atom. The molecule has 4 aromatic carbocycles. The molecular formula is C29H20N2O7S. The molecule has 9 nitrogen and oxygen atoms in total. The zero-order valence-corrected chi connectivity index (χ0v) is 21.3. The number of amides is 3. The van der Waals surface area contributed by atoms with Gasteiger partial charge in [-0.2, -0.15) is 0 Å². The van der Waals surface area contributed by atoms with E-state index in [1.165, 1.54) is 55.6 Å². The molecule has 39 heavy (non-hydrogen) atoms. The number of imide groups is 1. The maximum absolute atomic E-state index is 13.4. The molecule has 1 aliphatic heterocycles. The molecule has 1 aliphatic rings. The molecule has 194 valence electrons. The number of sulfonamides is 1. The molecular weight excluding hydrogens is 520 g/mol. The predicted octanol–water partition coefficient (Wildman–Crippen LogP) is 4.06. The summed E-state index contributed by atoms with van der Waals surface area (Å²) < 4.78 is 32.0. The number of ether oxygens (including phenoxy) is 1. The van der Waals surface area contributed by atoms with Gasteiger partial charge in [-0.1, -0.05) is 54.6 Å². The van der Waals surface area contributed by atoms with Gasteiger partial charge in [-0.15, -0.1) is 0 Å². The fourth-order valence-corrected chi connectivity index (χ4v) is 5.25. The highest BCUT2D eigenvalue weighted by atomic mass is 32.2.